The summed E-state index contributed by atoms with van der Waals surface area (Å²) in [6, 6.07) is 9.40. The molecule has 1 aromatic rings. The Kier molecular flexibility index (Phi) is 2.66. The van der Waals surface area contributed by atoms with Gasteiger partial charge in [0.1, 0.15) is 0 Å². The highest BCUT2D eigenvalue weighted by atomic mass is 32.2. The van der Waals surface area contributed by atoms with Crippen molar-refractivity contribution in [1.29, 1.82) is 0 Å². The molecule has 0 spiro atoms. The summed E-state index contributed by atoms with van der Waals surface area (Å²) in [7, 11) is 0. The Morgan fingerprint density at radius 3 is 2.54 bits per heavy atom. The molecule has 0 saturated carbocycles. The largest absolute Gasteiger partial charge is 0.661 e. The van der Waals surface area contributed by atoms with Gasteiger partial charge in [-0.05, 0) is 5.25 Å². The van der Waals surface area contributed by atoms with Crippen molar-refractivity contribution < 1.29 is 4.79 Å². The molecule has 0 amide bonds. The lowest BCUT2D eigenvalue weighted by atomic mass is 10.2. The first-order valence-electron chi connectivity index (χ1n) is 4.25. The summed E-state index contributed by atoms with van der Waals surface area (Å²) in [5.74, 6) is 0. The van der Waals surface area contributed by atoms with Gasteiger partial charge in [0.2, 0.25) is 5.12 Å². The first-order chi connectivity index (χ1) is 6.36. The van der Waals surface area contributed by atoms with Gasteiger partial charge < -0.3 is 5.32 Å². The second kappa shape index (κ2) is 3.94. The van der Waals surface area contributed by atoms with Crippen molar-refractivity contribution in [2.24, 2.45) is 0 Å². The third kappa shape index (κ3) is 2.11. The van der Waals surface area contributed by atoms with E-state index in [1.54, 1.807) is 0 Å². The smallest absolute Gasteiger partial charge is 0.219 e. The summed E-state index contributed by atoms with van der Waals surface area (Å²) in [6.07, 6.45) is 0. The number of hydrogen-bond acceptors (Lipinski definition) is 2. The van der Waals surface area contributed by atoms with E-state index in [1.165, 1.54) is 11.8 Å². The van der Waals surface area contributed by atoms with Gasteiger partial charge in [-0.25, -0.2) is 0 Å². The van der Waals surface area contributed by atoms with E-state index in [0.717, 1.165) is 18.7 Å². The summed E-state index contributed by atoms with van der Waals surface area (Å²) < 4.78 is 0. The van der Waals surface area contributed by atoms with Crippen molar-refractivity contribution in [3.63, 3.8) is 0 Å². The van der Waals surface area contributed by atoms with Gasteiger partial charge in [-0.15, -0.1) is 13.1 Å². The van der Waals surface area contributed by atoms with Crippen molar-refractivity contribution in [2.75, 3.05) is 13.1 Å². The second-order valence-corrected chi connectivity index (χ2v) is 4.26. The van der Waals surface area contributed by atoms with Crippen LogP contribution in [-0.2, 0) is 0 Å². The van der Waals surface area contributed by atoms with E-state index >= 15 is 0 Å². The number of carbonyl (C=O) groups is 1. The molecule has 68 valence electrons. The van der Waals surface area contributed by atoms with Gasteiger partial charge in [-0.3, -0.25) is 4.79 Å². The first-order valence-corrected chi connectivity index (χ1v) is 5.13. The lowest BCUT2D eigenvalue weighted by Crippen LogP contribution is -2.26. The van der Waals surface area contributed by atoms with Crippen LogP contribution in [0.3, 0.4) is 0 Å². The minimum atomic E-state index is 0.167. The third-order valence-corrected chi connectivity index (χ3v) is 3.03. The van der Waals surface area contributed by atoms with Crippen molar-refractivity contribution in [3.05, 3.63) is 41.2 Å². The maximum atomic E-state index is 11.6. The molecule has 0 unspecified atom stereocenters. The second-order valence-electron chi connectivity index (χ2n) is 2.98. The molecule has 0 aliphatic carbocycles. The SMILES string of the molecule is O=C(SC1C[N-]C1)c1ccccc1. The molecule has 2 rings (SSSR count). The van der Waals surface area contributed by atoms with Crippen molar-refractivity contribution in [2.45, 2.75) is 5.25 Å². The molecule has 3 heteroatoms. The average molecular weight is 192 g/mol. The van der Waals surface area contributed by atoms with E-state index < -0.39 is 0 Å². The Morgan fingerprint density at radius 2 is 2.00 bits per heavy atom. The lowest BCUT2D eigenvalue weighted by molar-refractivity contribution is 0.108. The standard InChI is InChI=1S/C10H10NOS/c12-10(13-9-6-11-7-9)8-4-2-1-3-5-8/h1-5,9H,6-7H2/q-1. The van der Waals surface area contributed by atoms with Gasteiger partial charge in [0.25, 0.3) is 0 Å². The molecule has 0 atom stereocenters. The monoisotopic (exact) mass is 192 g/mol. The van der Waals surface area contributed by atoms with E-state index in [1.807, 2.05) is 30.3 Å². The van der Waals surface area contributed by atoms with Crippen molar-refractivity contribution >= 4 is 16.9 Å². The highest BCUT2D eigenvalue weighted by Crippen LogP contribution is 2.26. The molecule has 1 fully saturated rings. The van der Waals surface area contributed by atoms with Crippen molar-refractivity contribution in [3.8, 4) is 0 Å². The van der Waals surface area contributed by atoms with Crippen LogP contribution in [0, 0.1) is 0 Å². The predicted molar refractivity (Wildman–Crippen MR) is 55.2 cm³/mol. The summed E-state index contributed by atoms with van der Waals surface area (Å²) in [6.45, 7) is 1.67. The van der Waals surface area contributed by atoms with Crippen LogP contribution >= 0.6 is 11.8 Å². The van der Waals surface area contributed by atoms with E-state index in [0.29, 0.717) is 5.25 Å². The Morgan fingerprint density at radius 1 is 1.31 bits per heavy atom. The van der Waals surface area contributed by atoms with Gasteiger partial charge >= 0.3 is 0 Å². The van der Waals surface area contributed by atoms with Crippen LogP contribution < -0.4 is 0 Å². The number of nitrogens with zero attached hydrogens (tertiary/aromatic N) is 1. The zero-order valence-corrected chi connectivity index (χ0v) is 7.96. The first kappa shape index (κ1) is 8.78. The molecule has 1 aliphatic heterocycles. The highest BCUT2D eigenvalue weighted by molar-refractivity contribution is 8.14. The van der Waals surface area contributed by atoms with Crippen LogP contribution in [0.15, 0.2) is 30.3 Å². The highest BCUT2D eigenvalue weighted by Gasteiger charge is 2.13. The summed E-state index contributed by atoms with van der Waals surface area (Å²) in [5.41, 5.74) is 0.791. The topological polar surface area (TPSA) is 31.2 Å². The molecule has 0 radical (unpaired) electrons. The normalized spacial score (nSPS) is 16.6. The summed E-state index contributed by atoms with van der Waals surface area (Å²) in [4.78, 5) is 11.6. The molecule has 0 bridgehead atoms. The molecule has 1 aromatic carbocycles. The van der Waals surface area contributed by atoms with Gasteiger partial charge in [-0.2, -0.15) is 0 Å². The molecule has 1 heterocycles. The summed E-state index contributed by atoms with van der Waals surface area (Å²) in [5, 5.41) is 4.66. The Labute approximate surface area is 81.7 Å². The predicted octanol–water partition coefficient (Wildman–Crippen LogP) is 2.32. The number of hydrogen-bond donors (Lipinski definition) is 0. The molecule has 13 heavy (non-hydrogen) atoms. The molecule has 2 nitrogen and oxygen atoms in total. The Bertz CT molecular complexity index is 295. The minimum absolute atomic E-state index is 0.167. The fraction of sp³-hybridized carbons (Fsp3) is 0.300. The number of thioether (sulfide) groups is 1. The van der Waals surface area contributed by atoms with Crippen LogP contribution in [0.25, 0.3) is 5.32 Å². The number of benzene rings is 1. The van der Waals surface area contributed by atoms with Crippen LogP contribution in [0.1, 0.15) is 10.4 Å². The van der Waals surface area contributed by atoms with Crippen LogP contribution in [0.4, 0.5) is 0 Å². The van der Waals surface area contributed by atoms with Crippen molar-refractivity contribution in [1.82, 2.24) is 0 Å². The fourth-order valence-electron chi connectivity index (χ4n) is 1.10. The van der Waals surface area contributed by atoms with Crippen LogP contribution in [0.2, 0.25) is 0 Å². The van der Waals surface area contributed by atoms with Gasteiger partial charge in [0.05, 0.1) is 0 Å². The Hall–Kier alpha value is -0.800. The molecule has 0 N–H and O–H groups in total. The van der Waals surface area contributed by atoms with Crippen LogP contribution in [-0.4, -0.2) is 23.5 Å². The molecular weight excluding hydrogens is 182 g/mol. The van der Waals surface area contributed by atoms with E-state index in [9.17, 15) is 4.79 Å². The van der Waals surface area contributed by atoms with E-state index in [-0.39, 0.29) is 5.12 Å². The molecule has 0 aromatic heterocycles. The fourth-order valence-corrected chi connectivity index (χ4v) is 2.04. The Balaban J connectivity index is 1.97. The quantitative estimate of drug-likeness (QED) is 0.720. The maximum Gasteiger partial charge on any atom is 0.219 e. The molecule has 1 saturated heterocycles. The number of rotatable bonds is 2. The average Bonchev–Trinajstić information content (AvgIpc) is 2.12. The third-order valence-electron chi connectivity index (χ3n) is 1.95. The van der Waals surface area contributed by atoms with Gasteiger partial charge in [0.15, 0.2) is 0 Å². The van der Waals surface area contributed by atoms with E-state index in [2.05, 4.69) is 5.32 Å². The van der Waals surface area contributed by atoms with Crippen LogP contribution in [0.5, 0.6) is 0 Å². The number of carbonyl (C=O) groups excluding carboxylic acids is 1. The maximum absolute atomic E-state index is 11.6. The van der Waals surface area contributed by atoms with Gasteiger partial charge in [0, 0.05) is 5.56 Å². The minimum Gasteiger partial charge on any atom is -0.661 e. The lowest BCUT2D eigenvalue weighted by Gasteiger charge is -2.40. The van der Waals surface area contributed by atoms with E-state index in [4.69, 9.17) is 0 Å². The molecular formula is C10H10NOS-. The summed E-state index contributed by atoms with van der Waals surface area (Å²) >= 11 is 1.41. The zero-order valence-electron chi connectivity index (χ0n) is 7.14. The zero-order chi connectivity index (χ0) is 9.10. The van der Waals surface area contributed by atoms with Gasteiger partial charge in [-0.1, -0.05) is 42.1 Å². The molecule has 1 aliphatic rings.